The third kappa shape index (κ3) is 3.33. The maximum atomic E-state index is 12.6. The average molecular weight is 351 g/mol. The number of carbonyl (C=O) groups excluding carboxylic acids is 1. The first kappa shape index (κ1) is 17.7. The first-order chi connectivity index (χ1) is 12.5. The lowest BCUT2D eigenvalue weighted by atomic mass is 10.1. The number of benzene rings is 2. The Morgan fingerprint density at radius 1 is 1.12 bits per heavy atom. The van der Waals surface area contributed by atoms with Crippen LogP contribution in [0.15, 0.2) is 53.3 Å². The average Bonchev–Trinajstić information content (AvgIpc) is 2.65. The van der Waals surface area contributed by atoms with Gasteiger partial charge in [-0.1, -0.05) is 24.3 Å². The minimum absolute atomic E-state index is 0.0889. The molecule has 134 valence electrons. The number of nitrogens with zero attached hydrogens (tertiary/aromatic N) is 1. The van der Waals surface area contributed by atoms with Gasteiger partial charge in [0.15, 0.2) is 0 Å². The molecule has 0 atom stereocenters. The third-order valence-corrected chi connectivity index (χ3v) is 4.33. The number of aromatic nitrogens is 1. The topological polar surface area (TPSA) is 57.5 Å². The van der Waals surface area contributed by atoms with E-state index in [4.69, 9.17) is 9.47 Å². The lowest BCUT2D eigenvalue weighted by molar-refractivity contribution is 0.0526. The van der Waals surface area contributed by atoms with E-state index in [1.807, 2.05) is 37.3 Å². The van der Waals surface area contributed by atoms with Crippen LogP contribution in [-0.2, 0) is 11.3 Å². The smallest absolute Gasteiger partial charge is 0.338 e. The fourth-order valence-corrected chi connectivity index (χ4v) is 3.03. The summed E-state index contributed by atoms with van der Waals surface area (Å²) in [6.45, 7) is 4.42. The van der Waals surface area contributed by atoms with E-state index in [-0.39, 0.29) is 11.5 Å². The van der Waals surface area contributed by atoms with Crippen molar-refractivity contribution in [3.63, 3.8) is 0 Å². The van der Waals surface area contributed by atoms with Crippen LogP contribution in [0.3, 0.4) is 0 Å². The molecule has 0 saturated carbocycles. The van der Waals surface area contributed by atoms with E-state index < -0.39 is 0 Å². The summed E-state index contributed by atoms with van der Waals surface area (Å²) in [7, 11) is 1.60. The van der Waals surface area contributed by atoms with E-state index in [0.29, 0.717) is 24.5 Å². The van der Waals surface area contributed by atoms with Crippen molar-refractivity contribution in [2.45, 2.75) is 20.4 Å². The lowest BCUT2D eigenvalue weighted by Crippen LogP contribution is -2.21. The molecule has 3 rings (SSSR count). The van der Waals surface area contributed by atoms with Crippen molar-refractivity contribution in [2.24, 2.45) is 0 Å². The fourth-order valence-electron chi connectivity index (χ4n) is 3.03. The predicted molar refractivity (Wildman–Crippen MR) is 101 cm³/mol. The van der Waals surface area contributed by atoms with E-state index in [1.165, 1.54) is 0 Å². The van der Waals surface area contributed by atoms with Gasteiger partial charge in [0, 0.05) is 11.5 Å². The Morgan fingerprint density at radius 3 is 2.50 bits per heavy atom. The van der Waals surface area contributed by atoms with E-state index in [2.05, 4.69) is 0 Å². The number of esters is 1. The molecular formula is C21H21NO4. The molecule has 1 aromatic heterocycles. The highest BCUT2D eigenvalue weighted by atomic mass is 16.5. The van der Waals surface area contributed by atoms with Crippen molar-refractivity contribution in [1.82, 2.24) is 4.57 Å². The monoisotopic (exact) mass is 351 g/mol. The van der Waals surface area contributed by atoms with Gasteiger partial charge in [0.25, 0.3) is 5.56 Å². The van der Waals surface area contributed by atoms with Gasteiger partial charge in [-0.3, -0.25) is 4.79 Å². The molecule has 0 N–H and O–H groups in total. The molecular weight excluding hydrogens is 330 g/mol. The van der Waals surface area contributed by atoms with Gasteiger partial charge in [-0.05, 0) is 43.2 Å². The second-order valence-electron chi connectivity index (χ2n) is 6.03. The van der Waals surface area contributed by atoms with E-state index in [9.17, 15) is 9.59 Å². The standard InChI is InChI=1S/C21H21NO4/c1-4-26-21(24)16-10-8-15(9-11-16)13-22-19(23)12-14(2)17-6-5-7-18(25-3)20(17)22/h5-12H,4,13H2,1-3H3. The number of pyridine rings is 1. The van der Waals surface area contributed by atoms with Crippen molar-refractivity contribution < 1.29 is 14.3 Å². The molecule has 0 aliphatic carbocycles. The highest BCUT2D eigenvalue weighted by Gasteiger charge is 2.12. The van der Waals surface area contributed by atoms with Gasteiger partial charge < -0.3 is 14.0 Å². The molecule has 0 fully saturated rings. The zero-order chi connectivity index (χ0) is 18.7. The Bertz CT molecular complexity index is 1000. The minimum atomic E-state index is -0.348. The van der Waals surface area contributed by atoms with Gasteiger partial charge in [-0.2, -0.15) is 0 Å². The SMILES string of the molecule is CCOC(=O)c1ccc(Cn2c(=O)cc(C)c3cccc(OC)c32)cc1. The maximum Gasteiger partial charge on any atom is 0.338 e. The summed E-state index contributed by atoms with van der Waals surface area (Å²) in [5.74, 6) is 0.310. The summed E-state index contributed by atoms with van der Waals surface area (Å²) >= 11 is 0. The normalized spacial score (nSPS) is 10.7. The Kier molecular flexibility index (Phi) is 5.07. The van der Waals surface area contributed by atoms with Crippen LogP contribution in [0.1, 0.15) is 28.4 Å². The second-order valence-corrected chi connectivity index (χ2v) is 6.03. The summed E-state index contributed by atoms with van der Waals surface area (Å²) in [5.41, 5.74) is 3.01. The van der Waals surface area contributed by atoms with E-state index in [0.717, 1.165) is 22.0 Å². The van der Waals surface area contributed by atoms with Crippen LogP contribution in [0.4, 0.5) is 0 Å². The zero-order valence-electron chi connectivity index (χ0n) is 15.1. The summed E-state index contributed by atoms with van der Waals surface area (Å²) in [6, 6.07) is 14.5. The van der Waals surface area contributed by atoms with Gasteiger partial charge in [-0.25, -0.2) is 4.79 Å². The third-order valence-electron chi connectivity index (χ3n) is 4.33. The molecule has 0 unspecified atom stereocenters. The second kappa shape index (κ2) is 7.44. The molecule has 0 amide bonds. The molecule has 3 aromatic rings. The van der Waals surface area contributed by atoms with Crippen molar-refractivity contribution in [1.29, 1.82) is 0 Å². The largest absolute Gasteiger partial charge is 0.495 e. The van der Waals surface area contributed by atoms with Gasteiger partial charge in [-0.15, -0.1) is 0 Å². The van der Waals surface area contributed by atoms with Crippen LogP contribution in [0.5, 0.6) is 5.75 Å². The van der Waals surface area contributed by atoms with Crippen LogP contribution in [-0.4, -0.2) is 24.3 Å². The number of carbonyl (C=O) groups is 1. The van der Waals surface area contributed by atoms with Gasteiger partial charge in [0.2, 0.25) is 0 Å². The Morgan fingerprint density at radius 2 is 1.85 bits per heavy atom. The van der Waals surface area contributed by atoms with Crippen molar-refractivity contribution in [3.8, 4) is 5.75 Å². The number of para-hydroxylation sites is 1. The molecule has 1 heterocycles. The van der Waals surface area contributed by atoms with Crippen molar-refractivity contribution >= 4 is 16.9 Å². The van der Waals surface area contributed by atoms with Gasteiger partial charge in [0.05, 0.1) is 31.3 Å². The highest BCUT2D eigenvalue weighted by molar-refractivity contribution is 5.89. The van der Waals surface area contributed by atoms with Crippen LogP contribution >= 0.6 is 0 Å². The molecule has 26 heavy (non-hydrogen) atoms. The van der Waals surface area contributed by atoms with Crippen LogP contribution < -0.4 is 10.3 Å². The fraction of sp³-hybridized carbons (Fsp3) is 0.238. The summed E-state index contributed by atoms with van der Waals surface area (Å²) in [6.07, 6.45) is 0. The van der Waals surface area contributed by atoms with E-state index in [1.54, 1.807) is 36.8 Å². The highest BCUT2D eigenvalue weighted by Crippen LogP contribution is 2.26. The molecule has 5 heteroatoms. The molecule has 5 nitrogen and oxygen atoms in total. The van der Waals surface area contributed by atoms with Gasteiger partial charge >= 0.3 is 5.97 Å². The molecule has 0 saturated heterocycles. The van der Waals surface area contributed by atoms with Crippen LogP contribution in [0.2, 0.25) is 0 Å². The molecule has 0 spiro atoms. The number of ether oxygens (including phenoxy) is 2. The first-order valence-corrected chi connectivity index (χ1v) is 8.48. The Balaban J connectivity index is 2.04. The molecule has 0 aliphatic heterocycles. The number of fused-ring (bicyclic) bond motifs is 1. The van der Waals surface area contributed by atoms with Crippen LogP contribution in [0, 0.1) is 6.92 Å². The summed E-state index contributed by atoms with van der Waals surface area (Å²) in [5, 5.41) is 0.979. The van der Waals surface area contributed by atoms with Gasteiger partial charge in [0.1, 0.15) is 5.75 Å². The van der Waals surface area contributed by atoms with Crippen LogP contribution in [0.25, 0.3) is 10.9 Å². The minimum Gasteiger partial charge on any atom is -0.495 e. The Labute approximate surface area is 151 Å². The van der Waals surface area contributed by atoms with Crippen molar-refractivity contribution in [3.05, 3.63) is 75.6 Å². The summed E-state index contributed by atoms with van der Waals surface area (Å²) in [4.78, 5) is 24.4. The zero-order valence-corrected chi connectivity index (χ0v) is 15.1. The maximum absolute atomic E-state index is 12.6. The number of methoxy groups -OCH3 is 1. The first-order valence-electron chi connectivity index (χ1n) is 8.48. The van der Waals surface area contributed by atoms with E-state index >= 15 is 0 Å². The molecule has 0 bridgehead atoms. The molecule has 0 radical (unpaired) electrons. The Hall–Kier alpha value is -3.08. The number of rotatable bonds is 5. The quantitative estimate of drug-likeness (QED) is 0.660. The van der Waals surface area contributed by atoms with Crippen molar-refractivity contribution in [2.75, 3.05) is 13.7 Å². The summed E-state index contributed by atoms with van der Waals surface area (Å²) < 4.78 is 12.2. The number of aryl methyl sites for hydroxylation is 1. The number of hydrogen-bond acceptors (Lipinski definition) is 4. The predicted octanol–water partition coefficient (Wildman–Crippen LogP) is 3.54. The molecule has 2 aromatic carbocycles. The molecule has 0 aliphatic rings. The number of hydrogen-bond donors (Lipinski definition) is 0. The lowest BCUT2D eigenvalue weighted by Gasteiger charge is -2.15.